The van der Waals surface area contributed by atoms with Crippen LogP contribution in [0.2, 0.25) is 0 Å². The smallest absolute Gasteiger partial charge is 0.142 e. The van der Waals surface area contributed by atoms with Crippen molar-refractivity contribution in [2.45, 2.75) is 26.9 Å². The minimum absolute atomic E-state index is 0.435. The van der Waals surface area contributed by atoms with Gasteiger partial charge in [0, 0.05) is 31.9 Å². The molecule has 0 radical (unpaired) electrons. The summed E-state index contributed by atoms with van der Waals surface area (Å²) < 4.78 is 1.93. The van der Waals surface area contributed by atoms with Gasteiger partial charge in [-0.2, -0.15) is 10.4 Å². The molecule has 0 atom stereocenters. The van der Waals surface area contributed by atoms with E-state index in [0.29, 0.717) is 5.69 Å². The highest BCUT2D eigenvalue weighted by molar-refractivity contribution is 5.41. The minimum atomic E-state index is 0.435. The second kappa shape index (κ2) is 5.53. The van der Waals surface area contributed by atoms with E-state index >= 15 is 0 Å². The Balaban J connectivity index is 2.18. The molecule has 0 unspecified atom stereocenters. The van der Waals surface area contributed by atoms with Crippen LogP contribution < -0.4 is 4.90 Å². The highest BCUT2D eigenvalue weighted by Crippen LogP contribution is 2.15. The van der Waals surface area contributed by atoms with Crippen LogP contribution in [0.15, 0.2) is 24.4 Å². The highest BCUT2D eigenvalue weighted by Gasteiger charge is 2.09. The fourth-order valence-corrected chi connectivity index (χ4v) is 1.91. The third-order valence-corrected chi connectivity index (χ3v) is 3.02. The molecular formula is C14H17N5. The van der Waals surface area contributed by atoms with E-state index in [4.69, 9.17) is 5.26 Å². The van der Waals surface area contributed by atoms with Gasteiger partial charge < -0.3 is 4.90 Å². The van der Waals surface area contributed by atoms with E-state index in [-0.39, 0.29) is 0 Å². The summed E-state index contributed by atoms with van der Waals surface area (Å²) in [5.41, 5.74) is 2.64. The molecule has 2 heterocycles. The average Bonchev–Trinajstić information content (AvgIpc) is 2.79. The normalized spacial score (nSPS) is 10.2. The van der Waals surface area contributed by atoms with Crippen LogP contribution in [0.4, 0.5) is 5.82 Å². The van der Waals surface area contributed by atoms with Crippen LogP contribution in [0.25, 0.3) is 0 Å². The van der Waals surface area contributed by atoms with Crippen molar-refractivity contribution in [3.8, 4) is 6.07 Å². The number of hydrogen-bond donors (Lipinski definition) is 0. The van der Waals surface area contributed by atoms with Crippen molar-refractivity contribution in [1.82, 2.24) is 14.8 Å². The maximum absolute atomic E-state index is 8.87. The number of pyridine rings is 1. The Morgan fingerprint density at radius 2 is 2.21 bits per heavy atom. The highest BCUT2D eigenvalue weighted by atomic mass is 15.3. The summed E-state index contributed by atoms with van der Waals surface area (Å²) in [7, 11) is 1.96. The molecule has 0 fully saturated rings. The number of anilines is 1. The molecule has 0 aliphatic heterocycles. The second-order valence-electron chi connectivity index (χ2n) is 4.44. The van der Waals surface area contributed by atoms with Crippen molar-refractivity contribution < 1.29 is 0 Å². The molecule has 2 aromatic rings. The first-order valence-corrected chi connectivity index (χ1v) is 6.25. The monoisotopic (exact) mass is 255 g/mol. The van der Waals surface area contributed by atoms with Gasteiger partial charge in [-0.1, -0.05) is 6.07 Å². The van der Waals surface area contributed by atoms with Crippen molar-refractivity contribution in [3.05, 3.63) is 41.3 Å². The standard InChI is InChI=1S/C14H17N5/c1-4-19-10-12(11(2)17-19)9-18(3)14-7-5-6-13(8-15)16-14/h5-7,10H,4,9H2,1-3H3. The van der Waals surface area contributed by atoms with Crippen LogP contribution in [-0.2, 0) is 13.1 Å². The Morgan fingerprint density at radius 1 is 1.42 bits per heavy atom. The van der Waals surface area contributed by atoms with Crippen molar-refractivity contribution >= 4 is 5.82 Å². The maximum Gasteiger partial charge on any atom is 0.142 e. The summed E-state index contributed by atoms with van der Waals surface area (Å²) >= 11 is 0. The number of rotatable bonds is 4. The molecule has 0 N–H and O–H groups in total. The summed E-state index contributed by atoms with van der Waals surface area (Å²) in [6, 6.07) is 7.51. The van der Waals surface area contributed by atoms with Crippen molar-refractivity contribution in [1.29, 1.82) is 5.26 Å². The molecule has 2 rings (SSSR count). The minimum Gasteiger partial charge on any atom is -0.355 e. The average molecular weight is 255 g/mol. The lowest BCUT2D eigenvalue weighted by atomic mass is 10.2. The largest absolute Gasteiger partial charge is 0.355 e. The van der Waals surface area contributed by atoms with E-state index in [2.05, 4.69) is 29.3 Å². The Morgan fingerprint density at radius 3 is 2.84 bits per heavy atom. The molecule has 0 saturated carbocycles. The summed E-state index contributed by atoms with van der Waals surface area (Å²) in [5.74, 6) is 0.794. The molecule has 5 nitrogen and oxygen atoms in total. The third-order valence-electron chi connectivity index (χ3n) is 3.02. The lowest BCUT2D eigenvalue weighted by molar-refractivity contribution is 0.653. The van der Waals surface area contributed by atoms with Gasteiger partial charge in [0.05, 0.1) is 5.69 Å². The molecule has 0 aromatic carbocycles. The predicted octanol–water partition coefficient (Wildman–Crippen LogP) is 2.11. The summed E-state index contributed by atoms with van der Waals surface area (Å²) in [6.45, 7) is 5.67. The van der Waals surface area contributed by atoms with E-state index in [1.807, 2.05) is 35.7 Å². The topological polar surface area (TPSA) is 57.7 Å². The van der Waals surface area contributed by atoms with Crippen LogP contribution in [-0.4, -0.2) is 21.8 Å². The first-order valence-electron chi connectivity index (χ1n) is 6.25. The van der Waals surface area contributed by atoms with Crippen LogP contribution >= 0.6 is 0 Å². The van der Waals surface area contributed by atoms with E-state index in [1.165, 1.54) is 5.56 Å². The van der Waals surface area contributed by atoms with Gasteiger partial charge in [-0.05, 0) is 26.0 Å². The first-order chi connectivity index (χ1) is 9.13. The number of nitrogens with zero attached hydrogens (tertiary/aromatic N) is 5. The molecule has 0 aliphatic rings. The fraction of sp³-hybridized carbons (Fsp3) is 0.357. The summed E-state index contributed by atoms with van der Waals surface area (Å²) in [5, 5.41) is 13.3. The fourth-order valence-electron chi connectivity index (χ4n) is 1.91. The lowest BCUT2D eigenvalue weighted by Gasteiger charge is -2.17. The first kappa shape index (κ1) is 13.1. The zero-order valence-corrected chi connectivity index (χ0v) is 11.5. The van der Waals surface area contributed by atoms with Gasteiger partial charge in [-0.25, -0.2) is 4.98 Å². The Labute approximate surface area is 113 Å². The number of nitriles is 1. The van der Waals surface area contributed by atoms with Gasteiger partial charge in [-0.3, -0.25) is 4.68 Å². The van der Waals surface area contributed by atoms with E-state index in [1.54, 1.807) is 6.07 Å². The maximum atomic E-state index is 8.87. The Hall–Kier alpha value is -2.35. The van der Waals surface area contributed by atoms with Gasteiger partial charge in [0.25, 0.3) is 0 Å². The second-order valence-corrected chi connectivity index (χ2v) is 4.44. The molecule has 19 heavy (non-hydrogen) atoms. The van der Waals surface area contributed by atoms with Gasteiger partial charge in [-0.15, -0.1) is 0 Å². The molecule has 0 saturated heterocycles. The van der Waals surface area contributed by atoms with Crippen LogP contribution in [0.3, 0.4) is 0 Å². The van der Waals surface area contributed by atoms with E-state index in [9.17, 15) is 0 Å². The zero-order valence-electron chi connectivity index (χ0n) is 11.5. The molecule has 0 bridgehead atoms. The predicted molar refractivity (Wildman–Crippen MR) is 73.7 cm³/mol. The summed E-state index contributed by atoms with van der Waals surface area (Å²) in [6.07, 6.45) is 2.06. The summed E-state index contributed by atoms with van der Waals surface area (Å²) in [4.78, 5) is 6.30. The zero-order chi connectivity index (χ0) is 13.8. The van der Waals surface area contributed by atoms with Crippen molar-refractivity contribution in [2.75, 3.05) is 11.9 Å². The van der Waals surface area contributed by atoms with E-state index in [0.717, 1.165) is 24.6 Å². The number of aromatic nitrogens is 3. The molecule has 0 spiro atoms. The van der Waals surface area contributed by atoms with Gasteiger partial charge in [0.2, 0.25) is 0 Å². The van der Waals surface area contributed by atoms with Gasteiger partial charge in [0.1, 0.15) is 17.6 Å². The van der Waals surface area contributed by atoms with Crippen LogP contribution in [0.1, 0.15) is 23.9 Å². The molecule has 5 heteroatoms. The molecule has 0 aliphatic carbocycles. The van der Waals surface area contributed by atoms with Crippen molar-refractivity contribution in [3.63, 3.8) is 0 Å². The molecule has 0 amide bonds. The Kier molecular flexibility index (Phi) is 3.81. The van der Waals surface area contributed by atoms with Gasteiger partial charge >= 0.3 is 0 Å². The molecular weight excluding hydrogens is 238 g/mol. The van der Waals surface area contributed by atoms with Crippen molar-refractivity contribution in [2.24, 2.45) is 0 Å². The Bertz CT molecular complexity index is 609. The molecule has 2 aromatic heterocycles. The number of hydrogen-bond acceptors (Lipinski definition) is 4. The van der Waals surface area contributed by atoms with Crippen LogP contribution in [0.5, 0.6) is 0 Å². The SMILES string of the molecule is CCn1cc(CN(C)c2cccc(C#N)n2)c(C)n1. The van der Waals surface area contributed by atoms with E-state index < -0.39 is 0 Å². The molecule has 98 valence electrons. The van der Waals surface area contributed by atoms with Crippen LogP contribution in [0, 0.1) is 18.3 Å². The quantitative estimate of drug-likeness (QED) is 0.839. The lowest BCUT2D eigenvalue weighted by Crippen LogP contribution is -2.18. The third kappa shape index (κ3) is 2.91. The number of aryl methyl sites for hydroxylation is 2. The van der Waals surface area contributed by atoms with Gasteiger partial charge in [0.15, 0.2) is 0 Å².